The molecule has 2 rings (SSSR count). The van der Waals surface area contributed by atoms with Gasteiger partial charge >= 0.3 is 0 Å². The maximum atomic E-state index is 11.5. The molecule has 2 unspecified atom stereocenters. The molecule has 0 bridgehead atoms. The molecule has 1 fully saturated rings. The van der Waals surface area contributed by atoms with Crippen LogP contribution in [0.4, 0.5) is 5.13 Å². The highest BCUT2D eigenvalue weighted by Gasteiger charge is 2.32. The number of aryl methyl sites for hydroxylation is 1. The predicted octanol–water partition coefficient (Wildman–Crippen LogP) is 2.04. The number of hydrogen-bond acceptors (Lipinski definition) is 5. The first kappa shape index (κ1) is 13.5. The summed E-state index contributed by atoms with van der Waals surface area (Å²) in [5.41, 5.74) is 0.864. The van der Waals surface area contributed by atoms with Crippen molar-refractivity contribution in [3.63, 3.8) is 0 Å². The van der Waals surface area contributed by atoms with Crippen LogP contribution < -0.4 is 4.90 Å². The van der Waals surface area contributed by atoms with E-state index in [9.17, 15) is 4.79 Å². The van der Waals surface area contributed by atoms with Gasteiger partial charge in [0.1, 0.15) is 0 Å². The van der Waals surface area contributed by atoms with Gasteiger partial charge < -0.3 is 9.80 Å². The number of aromatic nitrogens is 1. The van der Waals surface area contributed by atoms with Gasteiger partial charge in [0.15, 0.2) is 10.9 Å². The summed E-state index contributed by atoms with van der Waals surface area (Å²) in [7, 11) is 4.25. The molecule has 1 aromatic heterocycles. The summed E-state index contributed by atoms with van der Waals surface area (Å²) in [4.78, 5) is 21.4. The summed E-state index contributed by atoms with van der Waals surface area (Å²) in [6.07, 6.45) is 0. The molecule has 5 heteroatoms. The van der Waals surface area contributed by atoms with Crippen LogP contribution >= 0.6 is 11.3 Å². The first-order valence-electron chi connectivity index (χ1n) is 6.30. The molecule has 1 aliphatic heterocycles. The van der Waals surface area contributed by atoms with Gasteiger partial charge in [-0.2, -0.15) is 0 Å². The molecule has 4 nitrogen and oxygen atoms in total. The van der Waals surface area contributed by atoms with Crippen molar-refractivity contribution in [2.45, 2.75) is 26.8 Å². The Morgan fingerprint density at radius 1 is 1.44 bits per heavy atom. The van der Waals surface area contributed by atoms with E-state index in [-0.39, 0.29) is 5.78 Å². The van der Waals surface area contributed by atoms with E-state index in [2.05, 4.69) is 35.8 Å². The Morgan fingerprint density at radius 2 is 2.11 bits per heavy atom. The van der Waals surface area contributed by atoms with Crippen LogP contribution in [-0.4, -0.2) is 48.9 Å². The molecule has 0 aliphatic carbocycles. The first-order valence-corrected chi connectivity index (χ1v) is 7.11. The molecule has 0 amide bonds. The number of anilines is 1. The van der Waals surface area contributed by atoms with Crippen molar-refractivity contribution in [2.75, 3.05) is 32.1 Å². The molecular weight excluding hydrogens is 246 g/mol. The zero-order chi connectivity index (χ0) is 13.4. The number of likely N-dealkylation sites (N-methyl/N-ethyl adjacent to an activating group) is 1. The fourth-order valence-corrected chi connectivity index (χ4v) is 3.60. The van der Waals surface area contributed by atoms with Crippen molar-refractivity contribution in [1.82, 2.24) is 9.88 Å². The standard InChI is InChI=1S/C13H21N3OS/c1-8-6-16(7-11(8)15(4)5)13-14-9(2)12(18-13)10(3)17/h8,11H,6-7H2,1-5H3. The predicted molar refractivity (Wildman–Crippen MR) is 75.7 cm³/mol. The number of Topliss-reactive ketones (excluding diaryl/α,β-unsaturated/α-hetero) is 1. The van der Waals surface area contributed by atoms with Crippen molar-refractivity contribution in [3.8, 4) is 0 Å². The minimum atomic E-state index is 0.118. The van der Waals surface area contributed by atoms with Gasteiger partial charge in [-0.15, -0.1) is 0 Å². The Hall–Kier alpha value is -0.940. The molecule has 0 radical (unpaired) electrons. The van der Waals surface area contributed by atoms with Crippen LogP contribution in [0.3, 0.4) is 0 Å². The lowest BCUT2D eigenvalue weighted by Crippen LogP contribution is -2.34. The van der Waals surface area contributed by atoms with E-state index in [0.717, 1.165) is 28.8 Å². The average molecular weight is 267 g/mol. The third-order valence-corrected chi connectivity index (χ3v) is 4.93. The lowest BCUT2D eigenvalue weighted by Gasteiger charge is -2.22. The minimum Gasteiger partial charge on any atom is -0.346 e. The van der Waals surface area contributed by atoms with E-state index in [1.54, 1.807) is 6.92 Å². The number of hydrogen-bond donors (Lipinski definition) is 0. The van der Waals surface area contributed by atoms with Gasteiger partial charge in [-0.25, -0.2) is 4.98 Å². The maximum absolute atomic E-state index is 11.5. The Bertz CT molecular complexity index is 455. The van der Waals surface area contributed by atoms with Crippen molar-refractivity contribution in [1.29, 1.82) is 0 Å². The highest BCUT2D eigenvalue weighted by molar-refractivity contribution is 7.17. The Labute approximate surface area is 113 Å². The third kappa shape index (κ3) is 2.42. The normalized spacial score (nSPS) is 24.0. The summed E-state index contributed by atoms with van der Waals surface area (Å²) in [6.45, 7) is 7.82. The van der Waals surface area contributed by atoms with Crippen LogP contribution in [0.15, 0.2) is 0 Å². The average Bonchev–Trinajstić information content (AvgIpc) is 2.81. The highest BCUT2D eigenvalue weighted by atomic mass is 32.1. The molecule has 2 heterocycles. The maximum Gasteiger partial charge on any atom is 0.186 e. The second-order valence-corrected chi connectivity index (χ2v) is 6.36. The van der Waals surface area contributed by atoms with Gasteiger partial charge in [0.05, 0.1) is 10.6 Å². The molecule has 2 atom stereocenters. The Kier molecular flexibility index (Phi) is 3.73. The lowest BCUT2D eigenvalue weighted by molar-refractivity contribution is 0.102. The van der Waals surface area contributed by atoms with Crippen molar-refractivity contribution in [3.05, 3.63) is 10.6 Å². The van der Waals surface area contributed by atoms with Crippen LogP contribution in [0.1, 0.15) is 29.2 Å². The van der Waals surface area contributed by atoms with Crippen molar-refractivity contribution in [2.24, 2.45) is 5.92 Å². The van der Waals surface area contributed by atoms with Crippen LogP contribution in [0.25, 0.3) is 0 Å². The second-order valence-electron chi connectivity index (χ2n) is 5.38. The zero-order valence-electron chi connectivity index (χ0n) is 11.7. The molecule has 0 N–H and O–H groups in total. The molecule has 0 spiro atoms. The zero-order valence-corrected chi connectivity index (χ0v) is 12.5. The monoisotopic (exact) mass is 267 g/mol. The van der Waals surface area contributed by atoms with Crippen LogP contribution in [0.5, 0.6) is 0 Å². The molecule has 100 valence electrons. The van der Waals surface area contributed by atoms with E-state index >= 15 is 0 Å². The second kappa shape index (κ2) is 4.97. The first-order chi connectivity index (χ1) is 8.40. The number of rotatable bonds is 3. The summed E-state index contributed by atoms with van der Waals surface area (Å²) in [5, 5.41) is 0.994. The van der Waals surface area contributed by atoms with E-state index in [4.69, 9.17) is 0 Å². The van der Waals surface area contributed by atoms with E-state index in [1.807, 2.05) is 6.92 Å². The van der Waals surface area contributed by atoms with Crippen molar-refractivity contribution < 1.29 is 4.79 Å². The summed E-state index contributed by atoms with van der Waals surface area (Å²) in [6, 6.07) is 0.565. The SMILES string of the molecule is CC(=O)c1sc(N2CC(C)C(N(C)C)C2)nc1C. The molecular formula is C13H21N3OS. The van der Waals surface area contributed by atoms with Gasteiger partial charge in [0.25, 0.3) is 0 Å². The van der Waals surface area contributed by atoms with Gasteiger partial charge in [-0.1, -0.05) is 18.3 Å². The summed E-state index contributed by atoms with van der Waals surface area (Å²) < 4.78 is 0. The fraction of sp³-hybridized carbons (Fsp3) is 0.692. The number of carbonyl (C=O) groups is 1. The third-order valence-electron chi connectivity index (χ3n) is 3.61. The van der Waals surface area contributed by atoms with Gasteiger partial charge in [0, 0.05) is 26.1 Å². The molecule has 1 aromatic rings. The van der Waals surface area contributed by atoms with Gasteiger partial charge in [-0.05, 0) is 26.9 Å². The quantitative estimate of drug-likeness (QED) is 0.785. The largest absolute Gasteiger partial charge is 0.346 e. The molecule has 18 heavy (non-hydrogen) atoms. The number of thiazole rings is 1. The highest BCUT2D eigenvalue weighted by Crippen LogP contribution is 2.31. The van der Waals surface area contributed by atoms with Crippen molar-refractivity contribution >= 4 is 22.3 Å². The smallest absolute Gasteiger partial charge is 0.186 e. The van der Waals surface area contributed by atoms with Gasteiger partial charge in [0.2, 0.25) is 0 Å². The van der Waals surface area contributed by atoms with Crippen LogP contribution in [-0.2, 0) is 0 Å². The summed E-state index contributed by atoms with van der Waals surface area (Å²) >= 11 is 1.53. The number of carbonyl (C=O) groups excluding carboxylic acids is 1. The molecule has 1 saturated heterocycles. The van der Waals surface area contributed by atoms with Gasteiger partial charge in [-0.3, -0.25) is 4.79 Å². The lowest BCUT2D eigenvalue weighted by atomic mass is 10.1. The minimum absolute atomic E-state index is 0.118. The Morgan fingerprint density at radius 3 is 2.56 bits per heavy atom. The Balaban J connectivity index is 2.19. The molecule has 0 saturated carbocycles. The number of ketones is 1. The summed E-state index contributed by atoms with van der Waals surface area (Å²) in [5.74, 6) is 0.748. The fourth-order valence-electron chi connectivity index (χ4n) is 2.62. The van der Waals surface area contributed by atoms with E-state index in [0.29, 0.717) is 12.0 Å². The van der Waals surface area contributed by atoms with Crippen LogP contribution in [0, 0.1) is 12.8 Å². The molecule has 0 aromatic carbocycles. The topological polar surface area (TPSA) is 36.4 Å². The van der Waals surface area contributed by atoms with E-state index in [1.165, 1.54) is 11.3 Å². The number of nitrogens with zero attached hydrogens (tertiary/aromatic N) is 3. The molecule has 1 aliphatic rings. The van der Waals surface area contributed by atoms with E-state index < -0.39 is 0 Å². The van der Waals surface area contributed by atoms with Crippen LogP contribution in [0.2, 0.25) is 0 Å².